The van der Waals surface area contributed by atoms with Gasteiger partial charge in [-0.2, -0.15) is 0 Å². The van der Waals surface area contributed by atoms with Crippen molar-refractivity contribution in [1.82, 2.24) is 9.96 Å². The normalized spacial score (nSPS) is 28.9. The minimum atomic E-state index is -0.477. The van der Waals surface area contributed by atoms with Crippen molar-refractivity contribution in [3.05, 3.63) is 0 Å². The summed E-state index contributed by atoms with van der Waals surface area (Å²) in [5, 5.41) is 1.26. The number of fused-ring (bicyclic) bond motifs is 1. The van der Waals surface area contributed by atoms with Gasteiger partial charge >= 0.3 is 6.09 Å². The molecule has 1 aliphatic carbocycles. The summed E-state index contributed by atoms with van der Waals surface area (Å²) < 4.78 is 5.32. The molecule has 19 heavy (non-hydrogen) atoms. The predicted molar refractivity (Wildman–Crippen MR) is 68.1 cm³/mol. The van der Waals surface area contributed by atoms with Crippen molar-refractivity contribution in [1.29, 1.82) is 0 Å². The van der Waals surface area contributed by atoms with E-state index in [1.807, 2.05) is 20.8 Å². The predicted octanol–water partition coefficient (Wildman–Crippen LogP) is 1.12. The number of piperidine rings is 1. The summed E-state index contributed by atoms with van der Waals surface area (Å²) in [7, 11) is 3.09. The van der Waals surface area contributed by atoms with Gasteiger partial charge in [0, 0.05) is 20.1 Å². The third kappa shape index (κ3) is 2.83. The fourth-order valence-corrected chi connectivity index (χ4v) is 2.67. The lowest BCUT2D eigenvalue weighted by atomic mass is 10.2. The Labute approximate surface area is 113 Å². The van der Waals surface area contributed by atoms with Crippen LogP contribution in [0.2, 0.25) is 0 Å². The second kappa shape index (κ2) is 4.67. The Bertz CT molecular complexity index is 379. The van der Waals surface area contributed by atoms with Gasteiger partial charge in [0.1, 0.15) is 5.60 Å². The number of rotatable bonds is 2. The Morgan fingerprint density at radius 1 is 1.21 bits per heavy atom. The quantitative estimate of drug-likeness (QED) is 0.706. The van der Waals surface area contributed by atoms with E-state index in [4.69, 9.17) is 9.57 Å². The van der Waals surface area contributed by atoms with Gasteiger partial charge in [-0.15, -0.1) is 0 Å². The first-order chi connectivity index (χ1) is 8.74. The highest BCUT2D eigenvalue weighted by Crippen LogP contribution is 2.52. The molecule has 0 N–H and O–H groups in total. The number of hydrogen-bond acceptors (Lipinski definition) is 4. The molecule has 0 aromatic rings. The fourth-order valence-electron chi connectivity index (χ4n) is 2.67. The molecule has 0 spiro atoms. The van der Waals surface area contributed by atoms with Crippen molar-refractivity contribution in [3.63, 3.8) is 0 Å². The van der Waals surface area contributed by atoms with Gasteiger partial charge in [-0.25, -0.2) is 9.86 Å². The van der Waals surface area contributed by atoms with Crippen LogP contribution in [0.25, 0.3) is 0 Å². The van der Waals surface area contributed by atoms with Gasteiger partial charge in [0.15, 0.2) is 0 Å². The monoisotopic (exact) mass is 270 g/mol. The third-order valence-corrected chi connectivity index (χ3v) is 3.72. The van der Waals surface area contributed by atoms with Gasteiger partial charge in [0.05, 0.1) is 13.0 Å². The molecule has 2 aliphatic rings. The number of ether oxygens (including phenoxy) is 1. The van der Waals surface area contributed by atoms with E-state index >= 15 is 0 Å². The lowest BCUT2D eigenvalue weighted by Gasteiger charge is -2.26. The van der Waals surface area contributed by atoms with Crippen LogP contribution >= 0.6 is 0 Å². The van der Waals surface area contributed by atoms with E-state index < -0.39 is 5.60 Å². The highest BCUT2D eigenvalue weighted by Gasteiger charge is 2.61. The summed E-state index contributed by atoms with van der Waals surface area (Å²) in [6, 6.07) is 0. The lowest BCUT2D eigenvalue weighted by Crippen LogP contribution is -2.38. The van der Waals surface area contributed by atoms with Crippen molar-refractivity contribution in [2.24, 2.45) is 17.8 Å². The summed E-state index contributed by atoms with van der Waals surface area (Å²) in [4.78, 5) is 30.4. The smallest absolute Gasteiger partial charge is 0.410 e. The van der Waals surface area contributed by atoms with Gasteiger partial charge in [-0.1, -0.05) is 0 Å². The molecule has 108 valence electrons. The molecule has 2 amide bonds. The van der Waals surface area contributed by atoms with Crippen molar-refractivity contribution < 1.29 is 19.2 Å². The minimum absolute atomic E-state index is 0.00124. The number of carbonyl (C=O) groups is 2. The van der Waals surface area contributed by atoms with Gasteiger partial charge in [0.2, 0.25) is 5.91 Å². The molecule has 1 aliphatic heterocycles. The highest BCUT2D eigenvalue weighted by molar-refractivity contribution is 5.82. The Balaban J connectivity index is 1.84. The highest BCUT2D eigenvalue weighted by atomic mass is 16.7. The molecular weight excluding hydrogens is 248 g/mol. The Morgan fingerprint density at radius 3 is 2.16 bits per heavy atom. The Morgan fingerprint density at radius 2 is 1.74 bits per heavy atom. The van der Waals surface area contributed by atoms with Gasteiger partial charge < -0.3 is 9.64 Å². The first-order valence-electron chi connectivity index (χ1n) is 6.54. The average molecular weight is 270 g/mol. The second-order valence-electron chi connectivity index (χ2n) is 6.26. The van der Waals surface area contributed by atoms with E-state index in [1.54, 1.807) is 11.9 Å². The average Bonchev–Trinajstić information content (AvgIpc) is 2.78. The minimum Gasteiger partial charge on any atom is -0.444 e. The van der Waals surface area contributed by atoms with Crippen molar-refractivity contribution in [2.75, 3.05) is 27.2 Å². The lowest BCUT2D eigenvalue weighted by molar-refractivity contribution is -0.171. The number of amides is 2. The van der Waals surface area contributed by atoms with Crippen LogP contribution in [0.15, 0.2) is 0 Å². The zero-order valence-electron chi connectivity index (χ0n) is 12.2. The van der Waals surface area contributed by atoms with Crippen LogP contribution in [0.5, 0.6) is 0 Å². The zero-order valence-corrected chi connectivity index (χ0v) is 12.2. The number of hydroxylamine groups is 2. The van der Waals surface area contributed by atoms with E-state index in [0.717, 1.165) is 0 Å². The van der Waals surface area contributed by atoms with Crippen LogP contribution in [0.1, 0.15) is 20.8 Å². The summed E-state index contributed by atoms with van der Waals surface area (Å²) in [5.74, 6) is 0.528. The first kappa shape index (κ1) is 14.1. The van der Waals surface area contributed by atoms with Crippen LogP contribution in [0.3, 0.4) is 0 Å². The molecule has 1 unspecified atom stereocenters. The molecule has 0 bridgehead atoms. The van der Waals surface area contributed by atoms with Gasteiger partial charge in [0.25, 0.3) is 0 Å². The van der Waals surface area contributed by atoms with Crippen molar-refractivity contribution >= 4 is 12.0 Å². The third-order valence-electron chi connectivity index (χ3n) is 3.72. The van der Waals surface area contributed by atoms with E-state index in [-0.39, 0.29) is 29.8 Å². The summed E-state index contributed by atoms with van der Waals surface area (Å²) in [6.07, 6.45) is -0.286. The molecule has 1 heterocycles. The Kier molecular flexibility index (Phi) is 3.47. The standard InChI is InChI=1S/C13H22N2O4/c1-13(2,3)19-12(17)15-6-8-9(7-15)10(8)11(16)14(4)18-5/h8-10H,6-7H2,1-5H3/t8-,9+,10?. The van der Waals surface area contributed by atoms with Crippen LogP contribution in [-0.2, 0) is 14.4 Å². The molecule has 0 radical (unpaired) electrons. The SMILES string of the molecule is CON(C)C(=O)C1[C@H]2CN(C(=O)OC(C)(C)C)C[C@@H]12. The molecule has 6 heteroatoms. The van der Waals surface area contributed by atoms with Crippen LogP contribution in [-0.4, -0.2) is 54.8 Å². The van der Waals surface area contributed by atoms with Crippen LogP contribution in [0, 0.1) is 17.8 Å². The van der Waals surface area contributed by atoms with E-state index in [0.29, 0.717) is 13.1 Å². The van der Waals surface area contributed by atoms with Crippen molar-refractivity contribution in [3.8, 4) is 0 Å². The van der Waals surface area contributed by atoms with Crippen molar-refractivity contribution in [2.45, 2.75) is 26.4 Å². The number of hydrogen-bond donors (Lipinski definition) is 0. The van der Waals surface area contributed by atoms with Gasteiger partial charge in [-0.3, -0.25) is 9.63 Å². The molecule has 2 fully saturated rings. The largest absolute Gasteiger partial charge is 0.444 e. The molecule has 1 saturated heterocycles. The first-order valence-corrected chi connectivity index (χ1v) is 6.54. The summed E-state index contributed by atoms with van der Waals surface area (Å²) >= 11 is 0. The maximum atomic E-state index is 11.9. The molecule has 0 aromatic carbocycles. The van der Waals surface area contributed by atoms with E-state index in [1.165, 1.54) is 12.2 Å². The summed E-state index contributed by atoms with van der Waals surface area (Å²) in [6.45, 7) is 6.76. The molecule has 3 atom stereocenters. The fraction of sp³-hybridized carbons (Fsp3) is 0.846. The molecule has 1 saturated carbocycles. The van der Waals surface area contributed by atoms with Crippen LogP contribution in [0.4, 0.5) is 4.79 Å². The number of nitrogens with zero attached hydrogens (tertiary/aromatic N) is 2. The maximum absolute atomic E-state index is 11.9. The second-order valence-corrected chi connectivity index (χ2v) is 6.26. The molecule has 6 nitrogen and oxygen atoms in total. The topological polar surface area (TPSA) is 59.1 Å². The maximum Gasteiger partial charge on any atom is 0.410 e. The zero-order chi connectivity index (χ0) is 14.4. The van der Waals surface area contributed by atoms with E-state index in [9.17, 15) is 9.59 Å². The van der Waals surface area contributed by atoms with E-state index in [2.05, 4.69) is 0 Å². The Hall–Kier alpha value is -1.30. The molecular formula is C13H22N2O4. The summed E-state index contributed by atoms with van der Waals surface area (Å²) in [5.41, 5.74) is -0.477. The number of likely N-dealkylation sites (tertiary alicyclic amines) is 1. The molecule has 2 rings (SSSR count). The van der Waals surface area contributed by atoms with Crippen LogP contribution < -0.4 is 0 Å². The number of carbonyl (C=O) groups excluding carboxylic acids is 2. The molecule has 0 aromatic heterocycles. The van der Waals surface area contributed by atoms with Gasteiger partial charge in [-0.05, 0) is 32.6 Å².